The zero-order valence-electron chi connectivity index (χ0n) is 18.5. The molecule has 160 valence electrons. The average Bonchev–Trinajstić information content (AvgIpc) is 3.00. The van der Waals surface area contributed by atoms with Crippen LogP contribution in [0.3, 0.4) is 0 Å². The molecule has 0 saturated heterocycles. The van der Waals surface area contributed by atoms with Crippen LogP contribution in [0.4, 0.5) is 0 Å². The lowest BCUT2D eigenvalue weighted by Crippen LogP contribution is -2.50. The summed E-state index contributed by atoms with van der Waals surface area (Å²) < 4.78 is 5.26. The quantitative estimate of drug-likeness (QED) is 0.515. The molecule has 3 heteroatoms. The number of hydrogen-bond donors (Lipinski definition) is 1. The van der Waals surface area contributed by atoms with Crippen LogP contribution in [0.2, 0.25) is 0 Å². The number of Topliss-reactive ketones (excluding diaryl/α,β-unsaturated/α-hetero) is 1. The van der Waals surface area contributed by atoms with Crippen molar-refractivity contribution in [3.63, 3.8) is 0 Å². The van der Waals surface area contributed by atoms with Gasteiger partial charge in [0.1, 0.15) is 5.75 Å². The Kier molecular flexibility index (Phi) is 4.74. The molecule has 0 spiro atoms. The third-order valence-corrected chi connectivity index (χ3v) is 9.17. The Morgan fingerprint density at radius 1 is 1.03 bits per heavy atom. The molecule has 6 atom stereocenters. The maximum atomic E-state index is 13.5. The molecule has 3 saturated carbocycles. The van der Waals surface area contributed by atoms with Crippen molar-refractivity contribution in [3.8, 4) is 5.75 Å². The van der Waals surface area contributed by atoms with Crippen LogP contribution in [0.1, 0.15) is 64.4 Å². The fraction of sp³-hybridized carbons (Fsp3) is 0.593. The molecule has 0 radical (unpaired) electrons. The highest BCUT2D eigenvalue weighted by molar-refractivity contribution is 6.05. The van der Waals surface area contributed by atoms with E-state index in [9.17, 15) is 9.90 Å². The van der Waals surface area contributed by atoms with Gasteiger partial charge in [0.25, 0.3) is 0 Å². The van der Waals surface area contributed by atoms with Gasteiger partial charge in [-0.3, -0.25) is 4.79 Å². The van der Waals surface area contributed by atoms with Gasteiger partial charge in [0.15, 0.2) is 5.78 Å². The smallest absolute Gasteiger partial charge is 0.165 e. The molecule has 0 amide bonds. The molecule has 30 heavy (non-hydrogen) atoms. The molecule has 0 bridgehead atoms. The van der Waals surface area contributed by atoms with Crippen LogP contribution < -0.4 is 4.74 Å². The molecule has 0 aliphatic heterocycles. The monoisotopic (exact) mass is 406 g/mol. The summed E-state index contributed by atoms with van der Waals surface area (Å²) in [5, 5.41) is 10.2. The van der Waals surface area contributed by atoms with E-state index >= 15 is 0 Å². The highest BCUT2D eigenvalue weighted by Gasteiger charge is 2.59. The Morgan fingerprint density at radius 3 is 2.50 bits per heavy atom. The van der Waals surface area contributed by atoms with Gasteiger partial charge in [-0.2, -0.15) is 0 Å². The molecule has 0 heterocycles. The lowest BCUT2D eigenvalue weighted by Gasteiger charge is -2.56. The topological polar surface area (TPSA) is 46.5 Å². The van der Waals surface area contributed by atoms with Gasteiger partial charge in [-0.1, -0.05) is 37.6 Å². The maximum absolute atomic E-state index is 13.5. The normalized spacial score (nSPS) is 41.7. The van der Waals surface area contributed by atoms with E-state index < -0.39 is 0 Å². The number of carbonyl (C=O) groups is 1. The fourth-order valence-corrected chi connectivity index (χ4v) is 7.34. The molecule has 1 N–H and O–H groups in total. The van der Waals surface area contributed by atoms with Gasteiger partial charge in [-0.15, -0.1) is 0 Å². The summed E-state index contributed by atoms with van der Waals surface area (Å²) in [5.74, 6) is 2.89. The molecule has 5 rings (SSSR count). The van der Waals surface area contributed by atoms with Crippen LogP contribution in [0, 0.1) is 28.6 Å². The molecule has 3 nitrogen and oxygen atoms in total. The number of hydrogen-bond acceptors (Lipinski definition) is 3. The minimum absolute atomic E-state index is 0.165. The van der Waals surface area contributed by atoms with E-state index in [4.69, 9.17) is 4.74 Å². The van der Waals surface area contributed by atoms with Crippen LogP contribution in [0.15, 0.2) is 41.5 Å². The first-order valence-electron chi connectivity index (χ1n) is 11.6. The zero-order valence-corrected chi connectivity index (χ0v) is 18.5. The lowest BCUT2D eigenvalue weighted by molar-refractivity contribution is -0.130. The van der Waals surface area contributed by atoms with Crippen LogP contribution in [-0.2, 0) is 4.79 Å². The number of carbonyl (C=O) groups excluding carboxylic acids is 1. The van der Waals surface area contributed by atoms with Gasteiger partial charge in [-0.25, -0.2) is 0 Å². The van der Waals surface area contributed by atoms with Gasteiger partial charge >= 0.3 is 0 Å². The van der Waals surface area contributed by atoms with Crippen molar-refractivity contribution in [2.75, 3.05) is 7.11 Å². The minimum atomic E-state index is -0.213. The van der Waals surface area contributed by atoms with Crippen molar-refractivity contribution in [3.05, 3.63) is 47.1 Å². The molecule has 0 aromatic heterocycles. The number of fused-ring (bicyclic) bond motifs is 5. The molecular formula is C27H34O3. The third kappa shape index (κ3) is 2.92. The Bertz CT molecular complexity index is 911. The van der Waals surface area contributed by atoms with Gasteiger partial charge < -0.3 is 9.84 Å². The zero-order chi connectivity index (χ0) is 21.1. The van der Waals surface area contributed by atoms with E-state index in [0.29, 0.717) is 23.5 Å². The number of rotatable bonds is 2. The van der Waals surface area contributed by atoms with Crippen molar-refractivity contribution >= 4 is 11.9 Å². The first-order valence-corrected chi connectivity index (χ1v) is 11.6. The maximum Gasteiger partial charge on any atom is 0.165 e. The number of aliphatic hydroxyl groups is 1. The molecule has 1 aromatic carbocycles. The van der Waals surface area contributed by atoms with E-state index in [1.807, 2.05) is 24.3 Å². The Labute approximate surface area is 180 Å². The minimum Gasteiger partial charge on any atom is -0.497 e. The molecular weight excluding hydrogens is 372 g/mol. The molecule has 4 aliphatic rings. The average molecular weight is 407 g/mol. The summed E-state index contributed by atoms with van der Waals surface area (Å²) >= 11 is 0. The van der Waals surface area contributed by atoms with Gasteiger partial charge in [0, 0.05) is 5.41 Å². The second-order valence-corrected chi connectivity index (χ2v) is 10.6. The summed E-state index contributed by atoms with van der Waals surface area (Å²) in [5.41, 5.74) is 3.58. The third-order valence-electron chi connectivity index (χ3n) is 9.17. The van der Waals surface area contributed by atoms with Crippen molar-refractivity contribution in [1.29, 1.82) is 0 Å². The van der Waals surface area contributed by atoms with Crippen molar-refractivity contribution in [1.82, 2.24) is 0 Å². The van der Waals surface area contributed by atoms with Crippen LogP contribution in [0.25, 0.3) is 6.08 Å². The Balaban J connectivity index is 1.45. The standard InChI is InChI=1S/C27H34O3/c1-26-12-10-20(28)16-19(26)6-9-22-23(26)11-13-27(2)24(22)15-18(25(27)29)14-17-4-7-21(30-3)8-5-17/h4-8,14,20,22-24,28H,9-13,15-16H2,1-3H3/b18-14-/t20-,22-,23+,24+,26-,27+/m0/s1. The Morgan fingerprint density at radius 2 is 1.77 bits per heavy atom. The number of benzene rings is 1. The second-order valence-electron chi connectivity index (χ2n) is 10.6. The summed E-state index contributed by atoms with van der Waals surface area (Å²) in [4.78, 5) is 13.5. The summed E-state index contributed by atoms with van der Waals surface area (Å²) in [6, 6.07) is 8.00. The number of methoxy groups -OCH3 is 1. The van der Waals surface area contributed by atoms with Gasteiger partial charge in [-0.05, 0) is 97.5 Å². The lowest BCUT2D eigenvalue weighted by atomic mass is 9.48. The predicted octanol–water partition coefficient (Wildman–Crippen LogP) is 5.58. The van der Waals surface area contributed by atoms with E-state index in [1.165, 1.54) is 5.57 Å². The second kappa shape index (κ2) is 7.09. The van der Waals surface area contributed by atoms with E-state index in [0.717, 1.165) is 61.8 Å². The summed E-state index contributed by atoms with van der Waals surface area (Å²) in [6.07, 6.45) is 11.4. The number of allylic oxidation sites excluding steroid dienone is 2. The predicted molar refractivity (Wildman–Crippen MR) is 119 cm³/mol. The molecule has 3 fully saturated rings. The van der Waals surface area contributed by atoms with E-state index in [-0.39, 0.29) is 16.9 Å². The summed E-state index contributed by atoms with van der Waals surface area (Å²) in [7, 11) is 1.67. The molecule has 0 unspecified atom stereocenters. The van der Waals surface area contributed by atoms with Crippen LogP contribution in [-0.4, -0.2) is 24.1 Å². The highest BCUT2D eigenvalue weighted by atomic mass is 16.5. The largest absolute Gasteiger partial charge is 0.497 e. The van der Waals surface area contributed by atoms with Crippen molar-refractivity contribution < 1.29 is 14.6 Å². The van der Waals surface area contributed by atoms with Crippen LogP contribution >= 0.6 is 0 Å². The molecule has 1 aromatic rings. The van der Waals surface area contributed by atoms with Gasteiger partial charge in [0.2, 0.25) is 0 Å². The van der Waals surface area contributed by atoms with Crippen LogP contribution in [0.5, 0.6) is 5.75 Å². The first kappa shape index (κ1) is 20.1. The number of aliphatic hydroxyl groups excluding tert-OH is 1. The fourth-order valence-electron chi connectivity index (χ4n) is 7.34. The number of ketones is 1. The first-order chi connectivity index (χ1) is 14.3. The van der Waals surface area contributed by atoms with E-state index in [1.54, 1.807) is 7.11 Å². The highest BCUT2D eigenvalue weighted by Crippen LogP contribution is 2.64. The SMILES string of the molecule is COc1ccc(/C=C2/C[C@@H]3[C@H]4CC=C5C[C@@H](O)CC[C@]5(C)[C@@H]4CC[C@@]3(C)C2=O)cc1. The Hall–Kier alpha value is -1.87. The summed E-state index contributed by atoms with van der Waals surface area (Å²) in [6.45, 7) is 4.67. The number of ether oxygens (including phenoxy) is 1. The van der Waals surface area contributed by atoms with E-state index in [2.05, 4.69) is 26.0 Å². The van der Waals surface area contributed by atoms with Gasteiger partial charge in [0.05, 0.1) is 13.2 Å². The molecule has 4 aliphatic carbocycles. The van der Waals surface area contributed by atoms with Crippen molar-refractivity contribution in [2.24, 2.45) is 28.6 Å². The van der Waals surface area contributed by atoms with Crippen molar-refractivity contribution in [2.45, 2.75) is 64.9 Å².